The molecule has 1 aliphatic heterocycles. The van der Waals surface area contributed by atoms with Gasteiger partial charge in [0.25, 0.3) is 11.8 Å². The van der Waals surface area contributed by atoms with Crippen molar-refractivity contribution in [2.75, 3.05) is 4.90 Å². The van der Waals surface area contributed by atoms with Crippen molar-refractivity contribution in [2.24, 2.45) is 0 Å². The van der Waals surface area contributed by atoms with Crippen molar-refractivity contribution < 1.29 is 9.59 Å². The molecule has 2 aromatic carbocycles. The molecule has 0 bridgehead atoms. The van der Waals surface area contributed by atoms with Gasteiger partial charge < -0.3 is 0 Å². The van der Waals surface area contributed by atoms with Crippen molar-refractivity contribution in [3.63, 3.8) is 0 Å². The molecule has 126 valence electrons. The Labute approximate surface area is 167 Å². The summed E-state index contributed by atoms with van der Waals surface area (Å²) in [4.78, 5) is 26.3. The molecule has 1 heterocycles. The summed E-state index contributed by atoms with van der Waals surface area (Å²) in [7, 11) is 0. The van der Waals surface area contributed by atoms with Crippen LogP contribution in [0, 0.1) is 0 Å². The Morgan fingerprint density at radius 3 is 2.56 bits per heavy atom. The van der Waals surface area contributed by atoms with E-state index in [1.54, 1.807) is 36.4 Å². The second-order valence-electron chi connectivity index (χ2n) is 5.09. The van der Waals surface area contributed by atoms with E-state index in [2.05, 4.69) is 21.2 Å². The zero-order chi connectivity index (χ0) is 18.1. The number of nitrogens with one attached hydrogen (secondary N) is 1. The maximum atomic E-state index is 12.9. The number of anilines is 1. The number of nitrogens with zero attached hydrogens (tertiary/aromatic N) is 1. The van der Waals surface area contributed by atoms with Gasteiger partial charge >= 0.3 is 0 Å². The summed E-state index contributed by atoms with van der Waals surface area (Å²) < 4.78 is 0.829. The molecule has 4 nitrogen and oxygen atoms in total. The van der Waals surface area contributed by atoms with E-state index in [-0.39, 0.29) is 20.7 Å². The van der Waals surface area contributed by atoms with Gasteiger partial charge in [-0.1, -0.05) is 57.3 Å². The van der Waals surface area contributed by atoms with Crippen LogP contribution in [0.4, 0.5) is 5.69 Å². The summed E-state index contributed by atoms with van der Waals surface area (Å²) >= 11 is 20.7. The number of benzene rings is 2. The Kier molecular flexibility index (Phi) is 5.24. The molecule has 2 amide bonds. The van der Waals surface area contributed by atoms with Crippen molar-refractivity contribution in [1.82, 2.24) is 5.32 Å². The predicted octanol–water partition coefficient (Wildman–Crippen LogP) is 4.59. The zero-order valence-corrected chi connectivity index (χ0v) is 16.3. The van der Waals surface area contributed by atoms with E-state index in [0.717, 1.165) is 9.37 Å². The van der Waals surface area contributed by atoms with Crippen LogP contribution in [0.1, 0.15) is 5.56 Å². The number of amides is 2. The summed E-state index contributed by atoms with van der Waals surface area (Å²) in [5.41, 5.74) is 0.949. The highest BCUT2D eigenvalue weighted by Crippen LogP contribution is 2.34. The summed E-state index contributed by atoms with van der Waals surface area (Å²) in [5.74, 6) is -1.14. The first-order chi connectivity index (χ1) is 11.9. The minimum absolute atomic E-state index is 0.0504. The summed E-state index contributed by atoms with van der Waals surface area (Å²) in [6.45, 7) is 0. The lowest BCUT2D eigenvalue weighted by molar-refractivity contribution is -0.122. The van der Waals surface area contributed by atoms with Gasteiger partial charge in [0.05, 0.1) is 15.7 Å². The van der Waals surface area contributed by atoms with Gasteiger partial charge in [-0.3, -0.25) is 19.8 Å². The second-order valence-corrected chi connectivity index (χ2v) is 7.17. The van der Waals surface area contributed by atoms with Crippen LogP contribution in [0.15, 0.2) is 52.5 Å². The number of carbonyl (C=O) groups excluding carboxylic acids is 2. The highest BCUT2D eigenvalue weighted by atomic mass is 79.9. The lowest BCUT2D eigenvalue weighted by atomic mass is 10.1. The van der Waals surface area contributed by atoms with Gasteiger partial charge in [-0.15, -0.1) is 0 Å². The Hall–Kier alpha value is -1.73. The van der Waals surface area contributed by atoms with Gasteiger partial charge in [0.2, 0.25) is 0 Å². The van der Waals surface area contributed by atoms with Gasteiger partial charge in [0.15, 0.2) is 5.11 Å². The third-order valence-electron chi connectivity index (χ3n) is 3.43. The Morgan fingerprint density at radius 1 is 1.12 bits per heavy atom. The number of hydrogen-bond acceptors (Lipinski definition) is 3. The lowest BCUT2D eigenvalue weighted by Gasteiger charge is -2.29. The molecule has 0 unspecified atom stereocenters. The average Bonchev–Trinajstić information content (AvgIpc) is 2.55. The SMILES string of the molecule is O=C1NC(=S)N(c2cccc(Cl)c2Cl)C(=O)/C1=C/c1cccc(Br)c1. The van der Waals surface area contributed by atoms with Gasteiger partial charge in [0.1, 0.15) is 5.57 Å². The minimum atomic E-state index is -0.571. The van der Waals surface area contributed by atoms with Crippen molar-refractivity contribution >= 4 is 80.0 Å². The second kappa shape index (κ2) is 7.25. The van der Waals surface area contributed by atoms with Gasteiger partial charge in [-0.25, -0.2) is 0 Å². The van der Waals surface area contributed by atoms with E-state index in [4.69, 9.17) is 35.4 Å². The molecular weight excluding hydrogens is 447 g/mol. The van der Waals surface area contributed by atoms with E-state index in [0.29, 0.717) is 11.3 Å². The number of carbonyl (C=O) groups is 2. The molecular formula is C17H9BrCl2N2O2S. The normalized spacial score (nSPS) is 16.4. The fraction of sp³-hybridized carbons (Fsp3) is 0. The zero-order valence-electron chi connectivity index (χ0n) is 12.4. The third-order valence-corrected chi connectivity index (χ3v) is 5.02. The summed E-state index contributed by atoms with van der Waals surface area (Å²) in [5, 5.41) is 2.92. The van der Waals surface area contributed by atoms with E-state index in [1.165, 1.54) is 6.08 Å². The van der Waals surface area contributed by atoms with Crippen LogP contribution in [-0.4, -0.2) is 16.9 Å². The van der Waals surface area contributed by atoms with Crippen LogP contribution in [0.25, 0.3) is 6.08 Å². The fourth-order valence-electron chi connectivity index (χ4n) is 2.30. The quantitative estimate of drug-likeness (QED) is 0.409. The van der Waals surface area contributed by atoms with Crippen LogP contribution in [0.3, 0.4) is 0 Å². The average molecular weight is 456 g/mol. The van der Waals surface area contributed by atoms with E-state index < -0.39 is 11.8 Å². The van der Waals surface area contributed by atoms with E-state index in [1.807, 2.05) is 6.07 Å². The Balaban J connectivity index is 2.07. The van der Waals surface area contributed by atoms with Crippen LogP contribution in [0.5, 0.6) is 0 Å². The molecule has 8 heteroatoms. The van der Waals surface area contributed by atoms with E-state index >= 15 is 0 Å². The molecule has 0 aliphatic carbocycles. The number of halogens is 3. The summed E-state index contributed by atoms with van der Waals surface area (Å²) in [6, 6.07) is 12.1. The van der Waals surface area contributed by atoms with Crippen LogP contribution in [0.2, 0.25) is 10.0 Å². The molecule has 0 radical (unpaired) electrons. The third kappa shape index (κ3) is 3.62. The summed E-state index contributed by atoms with van der Waals surface area (Å²) in [6.07, 6.45) is 1.50. The van der Waals surface area contributed by atoms with Crippen molar-refractivity contribution in [1.29, 1.82) is 0 Å². The first kappa shape index (κ1) is 18.1. The van der Waals surface area contributed by atoms with Crippen LogP contribution < -0.4 is 10.2 Å². The van der Waals surface area contributed by atoms with Crippen molar-refractivity contribution in [2.45, 2.75) is 0 Å². The number of thiocarbonyl (C=S) groups is 1. The maximum Gasteiger partial charge on any atom is 0.270 e. The Bertz CT molecular complexity index is 946. The maximum absolute atomic E-state index is 12.9. The highest BCUT2D eigenvalue weighted by molar-refractivity contribution is 9.10. The van der Waals surface area contributed by atoms with Crippen LogP contribution >= 0.6 is 51.3 Å². The van der Waals surface area contributed by atoms with Gasteiger partial charge in [-0.05, 0) is 48.1 Å². The van der Waals surface area contributed by atoms with Gasteiger partial charge in [-0.2, -0.15) is 0 Å². The highest BCUT2D eigenvalue weighted by Gasteiger charge is 2.35. The number of rotatable bonds is 2. The largest absolute Gasteiger partial charge is 0.298 e. The number of hydrogen-bond donors (Lipinski definition) is 1. The molecule has 0 saturated carbocycles. The molecule has 1 fully saturated rings. The van der Waals surface area contributed by atoms with Gasteiger partial charge in [0, 0.05) is 4.47 Å². The first-order valence-corrected chi connectivity index (χ1v) is 8.95. The molecule has 3 rings (SSSR count). The molecule has 2 aromatic rings. The van der Waals surface area contributed by atoms with Crippen LogP contribution in [-0.2, 0) is 9.59 Å². The molecule has 1 N–H and O–H groups in total. The van der Waals surface area contributed by atoms with E-state index in [9.17, 15) is 9.59 Å². The standard InChI is InChI=1S/C17H9BrCl2N2O2S/c18-10-4-1-3-9(7-10)8-11-15(23)21-17(25)22(16(11)24)13-6-2-5-12(19)14(13)20/h1-8H,(H,21,23,25)/b11-8+. The van der Waals surface area contributed by atoms with Crippen molar-refractivity contribution in [3.05, 3.63) is 68.1 Å². The predicted molar refractivity (Wildman–Crippen MR) is 107 cm³/mol. The lowest BCUT2D eigenvalue weighted by Crippen LogP contribution is -2.54. The smallest absolute Gasteiger partial charge is 0.270 e. The topological polar surface area (TPSA) is 49.4 Å². The molecule has 1 aliphatic rings. The Morgan fingerprint density at radius 2 is 1.84 bits per heavy atom. The molecule has 1 saturated heterocycles. The minimum Gasteiger partial charge on any atom is -0.298 e. The monoisotopic (exact) mass is 454 g/mol. The van der Waals surface area contributed by atoms with Crippen molar-refractivity contribution in [3.8, 4) is 0 Å². The molecule has 0 aromatic heterocycles. The first-order valence-electron chi connectivity index (χ1n) is 6.99. The molecule has 25 heavy (non-hydrogen) atoms. The molecule has 0 atom stereocenters. The fourth-order valence-corrected chi connectivity index (χ4v) is 3.38. The molecule has 0 spiro atoms.